The van der Waals surface area contributed by atoms with Crippen LogP contribution in [0.5, 0.6) is 0 Å². The number of rotatable bonds is 3. The van der Waals surface area contributed by atoms with Gasteiger partial charge >= 0.3 is 5.97 Å². The molecular weight excluding hydrogens is 342 g/mol. The van der Waals surface area contributed by atoms with Crippen molar-refractivity contribution in [1.29, 1.82) is 0 Å². The molecule has 4 rings (SSSR count). The Morgan fingerprint density at radius 1 is 1.12 bits per heavy atom. The largest absolute Gasteiger partial charge is 0.481 e. The first-order valence-corrected chi connectivity index (χ1v) is 10.3. The Morgan fingerprint density at radius 3 is 2.62 bits per heavy atom. The Kier molecular flexibility index (Phi) is 4.96. The van der Waals surface area contributed by atoms with Crippen molar-refractivity contribution >= 4 is 22.9 Å². The summed E-state index contributed by atoms with van der Waals surface area (Å²) in [4.78, 5) is 16.0. The van der Waals surface area contributed by atoms with Crippen LogP contribution in [0.3, 0.4) is 0 Å². The van der Waals surface area contributed by atoms with E-state index < -0.39 is 5.97 Å². The maximum absolute atomic E-state index is 11.0. The van der Waals surface area contributed by atoms with Crippen LogP contribution in [0.25, 0.3) is 5.57 Å². The monoisotopic (exact) mass is 367 g/mol. The average Bonchev–Trinajstić information content (AvgIpc) is 2.97. The molecule has 0 atom stereocenters. The second-order valence-corrected chi connectivity index (χ2v) is 8.54. The van der Waals surface area contributed by atoms with Crippen LogP contribution >= 0.6 is 11.3 Å². The zero-order valence-electron chi connectivity index (χ0n) is 15.3. The van der Waals surface area contributed by atoms with E-state index in [1.54, 1.807) is 5.57 Å². The highest BCUT2D eigenvalue weighted by Crippen LogP contribution is 2.42. The van der Waals surface area contributed by atoms with E-state index in [9.17, 15) is 4.79 Å². The fourth-order valence-electron chi connectivity index (χ4n) is 4.10. The minimum Gasteiger partial charge on any atom is -0.481 e. The molecule has 0 bridgehead atoms. The Labute approximate surface area is 159 Å². The number of aliphatic carboxylic acids is 1. The molecule has 26 heavy (non-hydrogen) atoms. The molecule has 2 heterocycles. The number of nitrogens with zero attached hydrogens (tertiary/aromatic N) is 1. The van der Waals surface area contributed by atoms with E-state index in [-0.39, 0.29) is 6.42 Å². The highest BCUT2D eigenvalue weighted by atomic mass is 32.1. The third kappa shape index (κ3) is 3.49. The SMILES string of the molecule is CN1CCC(=C2c3ccccc3CCc3cc(CCC(=O)O)sc32)CC1. The molecule has 0 amide bonds. The second kappa shape index (κ2) is 7.37. The molecule has 1 fully saturated rings. The van der Waals surface area contributed by atoms with Gasteiger partial charge in [0.15, 0.2) is 0 Å². The maximum Gasteiger partial charge on any atom is 0.303 e. The number of piperidine rings is 1. The minimum absolute atomic E-state index is 0.215. The van der Waals surface area contributed by atoms with Crippen molar-refractivity contribution in [2.75, 3.05) is 20.1 Å². The number of carboxylic acids is 1. The summed E-state index contributed by atoms with van der Waals surface area (Å²) in [6, 6.07) is 11.1. The predicted octanol–water partition coefficient (Wildman–Crippen LogP) is 4.39. The van der Waals surface area contributed by atoms with Crippen molar-refractivity contribution < 1.29 is 9.90 Å². The van der Waals surface area contributed by atoms with E-state index in [0.29, 0.717) is 6.42 Å². The molecule has 1 aromatic heterocycles. The van der Waals surface area contributed by atoms with Gasteiger partial charge in [0.2, 0.25) is 0 Å². The molecule has 2 aromatic rings. The van der Waals surface area contributed by atoms with Crippen LogP contribution in [0.1, 0.15) is 45.7 Å². The number of thiophene rings is 1. The van der Waals surface area contributed by atoms with Crippen molar-refractivity contribution in [3.05, 3.63) is 62.3 Å². The molecule has 0 unspecified atom stereocenters. The summed E-state index contributed by atoms with van der Waals surface area (Å²) in [5.74, 6) is -0.715. The zero-order chi connectivity index (χ0) is 18.1. The Hall–Kier alpha value is -1.91. The summed E-state index contributed by atoms with van der Waals surface area (Å²) >= 11 is 1.82. The lowest BCUT2D eigenvalue weighted by atomic mass is 9.90. The van der Waals surface area contributed by atoms with E-state index in [4.69, 9.17) is 5.11 Å². The van der Waals surface area contributed by atoms with Crippen molar-refractivity contribution in [3.63, 3.8) is 0 Å². The average molecular weight is 368 g/mol. The second-order valence-electron chi connectivity index (χ2n) is 7.40. The summed E-state index contributed by atoms with van der Waals surface area (Å²) in [5, 5.41) is 9.02. The van der Waals surface area contributed by atoms with Crippen LogP contribution in [-0.4, -0.2) is 36.1 Å². The van der Waals surface area contributed by atoms with Gasteiger partial charge in [-0.1, -0.05) is 29.8 Å². The molecule has 1 aliphatic carbocycles. The maximum atomic E-state index is 11.0. The van der Waals surface area contributed by atoms with E-state index in [1.165, 1.54) is 32.0 Å². The van der Waals surface area contributed by atoms with E-state index in [1.807, 2.05) is 11.3 Å². The lowest BCUT2D eigenvalue weighted by molar-refractivity contribution is -0.136. The number of aryl methyl sites for hydroxylation is 3. The summed E-state index contributed by atoms with van der Waals surface area (Å²) in [6.45, 7) is 2.24. The van der Waals surface area contributed by atoms with Gasteiger partial charge < -0.3 is 10.0 Å². The fraction of sp³-hybridized carbons (Fsp3) is 0.409. The third-order valence-electron chi connectivity index (χ3n) is 5.57. The van der Waals surface area contributed by atoms with Crippen molar-refractivity contribution in [2.24, 2.45) is 0 Å². The molecule has 3 nitrogen and oxygen atoms in total. The highest BCUT2D eigenvalue weighted by Gasteiger charge is 2.25. The molecule has 1 saturated heterocycles. The first-order chi connectivity index (χ1) is 12.6. The minimum atomic E-state index is -0.715. The van der Waals surface area contributed by atoms with Gasteiger partial charge in [-0.15, -0.1) is 11.3 Å². The first-order valence-electron chi connectivity index (χ1n) is 9.44. The summed E-state index contributed by atoms with van der Waals surface area (Å²) in [5.41, 5.74) is 7.29. The number of benzene rings is 1. The van der Waals surface area contributed by atoms with Gasteiger partial charge in [-0.3, -0.25) is 4.79 Å². The Bertz CT molecular complexity index is 855. The molecule has 0 radical (unpaired) electrons. The number of likely N-dealkylation sites (tertiary alicyclic amines) is 1. The van der Waals surface area contributed by atoms with E-state index >= 15 is 0 Å². The molecule has 1 aromatic carbocycles. The van der Waals surface area contributed by atoms with Gasteiger partial charge in [-0.25, -0.2) is 0 Å². The highest BCUT2D eigenvalue weighted by molar-refractivity contribution is 7.13. The van der Waals surface area contributed by atoms with Crippen LogP contribution in [0, 0.1) is 0 Å². The van der Waals surface area contributed by atoms with Crippen molar-refractivity contribution in [2.45, 2.75) is 38.5 Å². The van der Waals surface area contributed by atoms with Gasteiger partial charge in [-0.05, 0) is 67.5 Å². The molecule has 2 aliphatic rings. The zero-order valence-corrected chi connectivity index (χ0v) is 16.1. The smallest absolute Gasteiger partial charge is 0.303 e. The van der Waals surface area contributed by atoms with Crippen LogP contribution in [0.15, 0.2) is 35.9 Å². The summed E-state index contributed by atoms with van der Waals surface area (Å²) < 4.78 is 0. The molecule has 0 saturated carbocycles. The third-order valence-corrected chi connectivity index (χ3v) is 6.82. The van der Waals surface area contributed by atoms with Crippen molar-refractivity contribution in [3.8, 4) is 0 Å². The first kappa shape index (κ1) is 17.5. The molecule has 4 heteroatoms. The molecule has 0 spiro atoms. The molecular formula is C22H25NO2S. The topological polar surface area (TPSA) is 40.5 Å². The quantitative estimate of drug-likeness (QED) is 0.875. The number of hydrogen-bond donors (Lipinski definition) is 1. The van der Waals surface area contributed by atoms with Crippen LogP contribution < -0.4 is 0 Å². The normalized spacial score (nSPS) is 17.6. The fourth-order valence-corrected chi connectivity index (χ4v) is 5.42. The van der Waals surface area contributed by atoms with Crippen LogP contribution in [0.4, 0.5) is 0 Å². The predicted molar refractivity (Wildman–Crippen MR) is 107 cm³/mol. The number of hydrogen-bond acceptors (Lipinski definition) is 3. The van der Waals surface area contributed by atoms with Gasteiger partial charge in [0.05, 0.1) is 6.42 Å². The summed E-state index contributed by atoms with van der Waals surface area (Å²) in [7, 11) is 2.20. The van der Waals surface area contributed by atoms with Gasteiger partial charge in [0.25, 0.3) is 0 Å². The Balaban J connectivity index is 1.80. The lowest BCUT2D eigenvalue weighted by Crippen LogP contribution is -2.26. The molecule has 1 aliphatic heterocycles. The van der Waals surface area contributed by atoms with E-state index in [2.05, 4.69) is 42.3 Å². The summed E-state index contributed by atoms with van der Waals surface area (Å²) in [6.07, 6.45) is 5.22. The van der Waals surface area contributed by atoms with Gasteiger partial charge in [0, 0.05) is 22.8 Å². The van der Waals surface area contributed by atoms with Crippen molar-refractivity contribution in [1.82, 2.24) is 4.90 Å². The van der Waals surface area contributed by atoms with Gasteiger partial charge in [-0.2, -0.15) is 0 Å². The number of carbonyl (C=O) groups is 1. The number of fused-ring (bicyclic) bond motifs is 2. The lowest BCUT2D eigenvalue weighted by Gasteiger charge is -2.27. The van der Waals surface area contributed by atoms with Crippen LogP contribution in [0.2, 0.25) is 0 Å². The van der Waals surface area contributed by atoms with Crippen LogP contribution in [-0.2, 0) is 24.1 Å². The molecule has 1 N–H and O–H groups in total. The molecule has 136 valence electrons. The standard InChI is InChI=1S/C22H25NO2S/c1-23-12-10-16(11-13-23)21-19-5-3-2-4-15(19)6-7-17-14-18(26-22(17)21)8-9-20(24)25/h2-5,14H,6-13H2,1H3,(H,24,25). The van der Waals surface area contributed by atoms with Gasteiger partial charge in [0.1, 0.15) is 0 Å². The van der Waals surface area contributed by atoms with E-state index in [0.717, 1.165) is 38.8 Å². The Morgan fingerprint density at radius 2 is 1.85 bits per heavy atom. The number of carboxylic acid groups (broad SMARTS) is 1.